The summed E-state index contributed by atoms with van der Waals surface area (Å²) >= 11 is 4.41. The first-order chi connectivity index (χ1) is 9.67. The van der Waals surface area contributed by atoms with Crippen molar-refractivity contribution < 1.29 is 22.8 Å². The predicted octanol–water partition coefficient (Wildman–Crippen LogP) is 1.71. The van der Waals surface area contributed by atoms with E-state index in [-0.39, 0.29) is 0 Å². The molecule has 1 heterocycles. The number of nitrogens with zero attached hydrogens (tertiary/aromatic N) is 1. The Morgan fingerprint density at radius 3 is 2.38 bits per heavy atom. The van der Waals surface area contributed by atoms with E-state index >= 15 is 0 Å². The lowest BCUT2D eigenvalue weighted by molar-refractivity contribution is -0.159. The molecule has 1 aliphatic carbocycles. The lowest BCUT2D eigenvalue weighted by atomic mass is 9.81. The number of thiocarbonyl (C=S) groups is 1. The number of hydrogen-bond acceptors (Lipinski definition) is 3. The molecule has 1 aliphatic heterocycles. The zero-order valence-electron chi connectivity index (χ0n) is 11.2. The molecule has 2 fully saturated rings. The standard InChI is InChI=1S/C12H16F3N3O2S/c13-12(14,15)7(8(16)21)6-18-9(19)11(17-10(18)20)4-2-1-3-5-11/h7H,1-6H2,(H2,16,21)(H,17,20). The highest BCUT2D eigenvalue weighted by molar-refractivity contribution is 7.80. The van der Waals surface area contributed by atoms with E-state index in [9.17, 15) is 22.8 Å². The predicted molar refractivity (Wildman–Crippen MR) is 72.4 cm³/mol. The van der Waals surface area contributed by atoms with E-state index < -0.39 is 41.1 Å². The summed E-state index contributed by atoms with van der Waals surface area (Å²) in [6.45, 7) is -0.856. The van der Waals surface area contributed by atoms with Gasteiger partial charge in [-0.3, -0.25) is 9.69 Å². The fraction of sp³-hybridized carbons (Fsp3) is 0.750. The third-order valence-electron chi connectivity index (χ3n) is 4.06. The summed E-state index contributed by atoms with van der Waals surface area (Å²) in [6, 6.07) is -0.799. The van der Waals surface area contributed by atoms with E-state index in [2.05, 4.69) is 17.5 Å². The molecule has 1 saturated carbocycles. The van der Waals surface area contributed by atoms with Crippen LogP contribution in [0.2, 0.25) is 0 Å². The first-order valence-electron chi connectivity index (χ1n) is 6.67. The maximum absolute atomic E-state index is 12.9. The van der Waals surface area contributed by atoms with Crippen LogP contribution in [0.3, 0.4) is 0 Å². The molecule has 0 bridgehead atoms. The van der Waals surface area contributed by atoms with Crippen molar-refractivity contribution in [2.45, 2.75) is 43.8 Å². The van der Waals surface area contributed by atoms with Crippen molar-refractivity contribution in [2.75, 3.05) is 6.54 Å². The number of halogens is 3. The molecule has 21 heavy (non-hydrogen) atoms. The quantitative estimate of drug-likeness (QED) is 0.612. The molecular formula is C12H16F3N3O2S. The Balaban J connectivity index is 2.18. The van der Waals surface area contributed by atoms with Crippen LogP contribution in [0, 0.1) is 5.92 Å². The summed E-state index contributed by atoms with van der Waals surface area (Å²) in [5.41, 5.74) is 4.06. The molecule has 2 aliphatic rings. The molecule has 3 N–H and O–H groups in total. The van der Waals surface area contributed by atoms with Gasteiger partial charge in [0.15, 0.2) is 0 Å². The van der Waals surface area contributed by atoms with Crippen molar-refractivity contribution in [3.63, 3.8) is 0 Å². The molecule has 5 nitrogen and oxygen atoms in total. The highest BCUT2D eigenvalue weighted by Crippen LogP contribution is 2.35. The molecule has 1 unspecified atom stereocenters. The summed E-state index contributed by atoms with van der Waals surface area (Å²) in [5, 5.41) is 2.55. The summed E-state index contributed by atoms with van der Waals surface area (Å²) in [6.07, 6.45) is -1.30. The fourth-order valence-corrected chi connectivity index (χ4v) is 3.08. The van der Waals surface area contributed by atoms with Crippen LogP contribution >= 0.6 is 12.2 Å². The van der Waals surface area contributed by atoms with Gasteiger partial charge in [-0.25, -0.2) is 4.79 Å². The second-order valence-corrected chi connectivity index (χ2v) is 5.96. The van der Waals surface area contributed by atoms with Crippen LogP contribution < -0.4 is 11.1 Å². The average molecular weight is 323 g/mol. The zero-order valence-corrected chi connectivity index (χ0v) is 12.0. The Hall–Kier alpha value is -1.38. The van der Waals surface area contributed by atoms with Gasteiger partial charge < -0.3 is 11.1 Å². The summed E-state index contributed by atoms with van der Waals surface area (Å²) in [7, 11) is 0. The lowest BCUT2D eigenvalue weighted by Gasteiger charge is -2.31. The molecule has 0 aromatic rings. The van der Waals surface area contributed by atoms with Gasteiger partial charge in [0.05, 0.1) is 4.99 Å². The van der Waals surface area contributed by atoms with Crippen molar-refractivity contribution in [1.82, 2.24) is 10.2 Å². The van der Waals surface area contributed by atoms with Crippen LogP contribution in [0.4, 0.5) is 18.0 Å². The number of nitrogens with one attached hydrogen (secondary N) is 1. The maximum Gasteiger partial charge on any atom is 0.399 e. The zero-order chi connectivity index (χ0) is 15.8. The van der Waals surface area contributed by atoms with Gasteiger partial charge in [0.2, 0.25) is 0 Å². The molecule has 1 spiro atoms. The van der Waals surface area contributed by atoms with E-state index in [1.54, 1.807) is 0 Å². The van der Waals surface area contributed by atoms with Crippen molar-refractivity contribution in [1.29, 1.82) is 0 Å². The second kappa shape index (κ2) is 5.43. The molecule has 1 atom stereocenters. The maximum atomic E-state index is 12.9. The highest BCUT2D eigenvalue weighted by atomic mass is 32.1. The Bertz CT molecular complexity index is 475. The summed E-state index contributed by atoms with van der Waals surface area (Å²) in [5.74, 6) is -2.78. The van der Waals surface area contributed by atoms with Gasteiger partial charge in [-0.2, -0.15) is 13.2 Å². The van der Waals surface area contributed by atoms with Gasteiger partial charge in [-0.1, -0.05) is 31.5 Å². The van der Waals surface area contributed by atoms with Crippen molar-refractivity contribution in [3.8, 4) is 0 Å². The number of nitrogens with two attached hydrogens (primary N) is 1. The third kappa shape index (κ3) is 2.97. The van der Waals surface area contributed by atoms with Gasteiger partial charge in [-0.15, -0.1) is 0 Å². The van der Waals surface area contributed by atoms with E-state index in [1.807, 2.05) is 0 Å². The Labute approximate surface area is 125 Å². The van der Waals surface area contributed by atoms with E-state index in [0.717, 1.165) is 19.3 Å². The van der Waals surface area contributed by atoms with Crippen LogP contribution in [-0.4, -0.2) is 40.1 Å². The Kier molecular flexibility index (Phi) is 4.14. The fourth-order valence-electron chi connectivity index (χ4n) is 2.87. The normalized spacial score (nSPS) is 23.3. The van der Waals surface area contributed by atoms with Gasteiger partial charge in [0, 0.05) is 6.54 Å². The molecule has 0 aromatic heterocycles. The topological polar surface area (TPSA) is 75.4 Å². The molecule has 0 radical (unpaired) electrons. The average Bonchev–Trinajstić information content (AvgIpc) is 2.58. The van der Waals surface area contributed by atoms with Crippen molar-refractivity contribution in [2.24, 2.45) is 11.7 Å². The Morgan fingerprint density at radius 1 is 1.33 bits per heavy atom. The SMILES string of the molecule is NC(=S)C(CN1C(=O)NC2(CCCCC2)C1=O)C(F)(F)F. The van der Waals surface area contributed by atoms with Crippen molar-refractivity contribution >= 4 is 29.1 Å². The van der Waals surface area contributed by atoms with Gasteiger partial charge in [0.25, 0.3) is 5.91 Å². The molecule has 3 amide bonds. The monoisotopic (exact) mass is 323 g/mol. The molecule has 118 valence electrons. The van der Waals surface area contributed by atoms with Crippen LogP contribution in [-0.2, 0) is 4.79 Å². The minimum absolute atomic E-state index is 0.456. The highest BCUT2D eigenvalue weighted by Gasteiger charge is 2.54. The smallest absolute Gasteiger partial charge is 0.393 e. The molecular weight excluding hydrogens is 307 g/mol. The van der Waals surface area contributed by atoms with E-state index in [1.165, 1.54) is 0 Å². The largest absolute Gasteiger partial charge is 0.399 e. The van der Waals surface area contributed by atoms with Crippen LogP contribution in [0.15, 0.2) is 0 Å². The number of carbonyl (C=O) groups excluding carboxylic acids is 2. The van der Waals surface area contributed by atoms with Gasteiger partial charge in [0.1, 0.15) is 11.5 Å². The molecule has 0 aromatic carbocycles. The number of amides is 3. The third-order valence-corrected chi connectivity index (χ3v) is 4.34. The number of carbonyl (C=O) groups is 2. The molecule has 9 heteroatoms. The lowest BCUT2D eigenvalue weighted by Crippen LogP contribution is -2.49. The number of alkyl halides is 3. The van der Waals surface area contributed by atoms with Crippen molar-refractivity contribution in [3.05, 3.63) is 0 Å². The number of urea groups is 1. The minimum atomic E-state index is -4.69. The van der Waals surface area contributed by atoms with E-state index in [4.69, 9.17) is 5.73 Å². The first kappa shape index (κ1) is 16.0. The molecule has 1 saturated heterocycles. The summed E-state index contributed by atoms with van der Waals surface area (Å²) in [4.78, 5) is 24.1. The first-order valence-corrected chi connectivity index (χ1v) is 7.08. The van der Waals surface area contributed by atoms with Crippen LogP contribution in [0.5, 0.6) is 0 Å². The second-order valence-electron chi connectivity index (χ2n) is 5.49. The summed E-state index contributed by atoms with van der Waals surface area (Å²) < 4.78 is 38.6. The number of rotatable bonds is 3. The number of hydrogen-bond donors (Lipinski definition) is 2. The van der Waals surface area contributed by atoms with Crippen LogP contribution in [0.25, 0.3) is 0 Å². The number of imide groups is 1. The minimum Gasteiger partial charge on any atom is -0.393 e. The molecule has 2 rings (SSSR count). The van der Waals surface area contributed by atoms with Gasteiger partial charge >= 0.3 is 12.2 Å². The van der Waals surface area contributed by atoms with Gasteiger partial charge in [-0.05, 0) is 12.8 Å². The Morgan fingerprint density at radius 2 is 1.90 bits per heavy atom. The van der Waals surface area contributed by atoms with Crippen LogP contribution in [0.1, 0.15) is 32.1 Å². The van der Waals surface area contributed by atoms with E-state index in [0.29, 0.717) is 17.7 Å².